The molecule has 14 heavy (non-hydrogen) atoms. The number of rotatable bonds is 5. The van der Waals surface area contributed by atoms with Crippen LogP contribution in [0, 0.1) is 5.92 Å². The van der Waals surface area contributed by atoms with Crippen molar-refractivity contribution in [2.75, 3.05) is 0 Å². The smallest absolute Gasteiger partial charge is 0.133 e. The molecule has 0 aliphatic heterocycles. The summed E-state index contributed by atoms with van der Waals surface area (Å²) in [6, 6.07) is 0. The van der Waals surface area contributed by atoms with E-state index in [2.05, 4.69) is 23.8 Å². The Bertz CT molecular complexity index is 283. The summed E-state index contributed by atoms with van der Waals surface area (Å²) >= 11 is 0. The van der Waals surface area contributed by atoms with Crippen LogP contribution < -0.4 is 0 Å². The Morgan fingerprint density at radius 2 is 2.21 bits per heavy atom. The van der Waals surface area contributed by atoms with E-state index >= 15 is 0 Å². The van der Waals surface area contributed by atoms with Gasteiger partial charge in [-0.3, -0.25) is 14.8 Å². The molecule has 0 atom stereocenters. The van der Waals surface area contributed by atoms with Crippen molar-refractivity contribution in [2.24, 2.45) is 5.92 Å². The first-order valence-corrected chi connectivity index (χ1v) is 4.95. The molecule has 3 heteroatoms. The quantitative estimate of drug-likeness (QED) is 0.716. The van der Waals surface area contributed by atoms with Gasteiger partial charge in [-0.15, -0.1) is 0 Å². The van der Waals surface area contributed by atoms with E-state index in [0.29, 0.717) is 31.0 Å². The second-order valence-corrected chi connectivity index (χ2v) is 3.83. The fourth-order valence-corrected chi connectivity index (χ4v) is 1.28. The summed E-state index contributed by atoms with van der Waals surface area (Å²) in [6.07, 6.45) is 6.96. The molecule has 3 nitrogen and oxygen atoms in total. The Kier molecular flexibility index (Phi) is 4.23. The number of aryl methyl sites for hydroxylation is 1. The van der Waals surface area contributed by atoms with Gasteiger partial charge in [-0.25, -0.2) is 0 Å². The molecule has 0 N–H and O–H groups in total. The van der Waals surface area contributed by atoms with Crippen LogP contribution in [0.2, 0.25) is 0 Å². The van der Waals surface area contributed by atoms with Crippen LogP contribution in [-0.4, -0.2) is 15.8 Å². The van der Waals surface area contributed by atoms with E-state index in [1.54, 1.807) is 18.6 Å². The lowest BCUT2D eigenvalue weighted by Gasteiger charge is -2.02. The van der Waals surface area contributed by atoms with Crippen molar-refractivity contribution < 1.29 is 4.79 Å². The average molecular weight is 192 g/mol. The van der Waals surface area contributed by atoms with Crippen molar-refractivity contribution in [1.82, 2.24) is 9.97 Å². The van der Waals surface area contributed by atoms with Crippen molar-refractivity contribution in [2.45, 2.75) is 33.1 Å². The molecule has 0 radical (unpaired) electrons. The minimum atomic E-state index is 0.311. The first-order chi connectivity index (χ1) is 6.68. The minimum Gasteiger partial charge on any atom is -0.300 e. The van der Waals surface area contributed by atoms with Gasteiger partial charge in [-0.1, -0.05) is 13.8 Å². The number of aromatic nitrogens is 2. The van der Waals surface area contributed by atoms with Crippen LogP contribution in [0.15, 0.2) is 18.6 Å². The van der Waals surface area contributed by atoms with Gasteiger partial charge in [0.15, 0.2) is 0 Å². The number of hydrogen-bond acceptors (Lipinski definition) is 3. The maximum atomic E-state index is 11.4. The fraction of sp³-hybridized carbons (Fsp3) is 0.545. The van der Waals surface area contributed by atoms with E-state index in [4.69, 9.17) is 0 Å². The van der Waals surface area contributed by atoms with Crippen LogP contribution in [0.3, 0.4) is 0 Å². The topological polar surface area (TPSA) is 42.9 Å². The lowest BCUT2D eigenvalue weighted by molar-refractivity contribution is -0.119. The maximum absolute atomic E-state index is 11.4. The van der Waals surface area contributed by atoms with Gasteiger partial charge in [0.2, 0.25) is 0 Å². The largest absolute Gasteiger partial charge is 0.300 e. The third-order valence-electron chi connectivity index (χ3n) is 1.91. The van der Waals surface area contributed by atoms with E-state index in [1.807, 2.05) is 0 Å². The molecule has 0 aromatic carbocycles. The van der Waals surface area contributed by atoms with E-state index < -0.39 is 0 Å². The minimum absolute atomic E-state index is 0.311. The predicted octanol–water partition coefficient (Wildman–Crippen LogP) is 2.02. The van der Waals surface area contributed by atoms with Crippen LogP contribution in [0.1, 0.15) is 32.4 Å². The molecule has 0 aliphatic carbocycles. The van der Waals surface area contributed by atoms with Gasteiger partial charge in [-0.2, -0.15) is 0 Å². The Morgan fingerprint density at radius 1 is 1.43 bits per heavy atom. The van der Waals surface area contributed by atoms with Crippen molar-refractivity contribution in [3.8, 4) is 0 Å². The SMILES string of the molecule is CC(C)CC(=O)CCc1cnccn1. The molecular weight excluding hydrogens is 176 g/mol. The standard InChI is InChI=1S/C11H16N2O/c1-9(2)7-11(14)4-3-10-8-12-5-6-13-10/h5-6,8-9H,3-4,7H2,1-2H3. The van der Waals surface area contributed by atoms with Crippen LogP contribution >= 0.6 is 0 Å². The Hall–Kier alpha value is -1.25. The summed E-state index contributed by atoms with van der Waals surface area (Å²) < 4.78 is 0. The van der Waals surface area contributed by atoms with E-state index in [-0.39, 0.29) is 0 Å². The molecule has 0 saturated heterocycles. The summed E-state index contributed by atoms with van der Waals surface area (Å²) in [5.74, 6) is 0.759. The second-order valence-electron chi connectivity index (χ2n) is 3.83. The van der Waals surface area contributed by atoms with Crippen LogP contribution in [0.4, 0.5) is 0 Å². The van der Waals surface area contributed by atoms with Crippen LogP contribution in [0.25, 0.3) is 0 Å². The highest BCUT2D eigenvalue weighted by Gasteiger charge is 2.05. The van der Waals surface area contributed by atoms with Crippen molar-refractivity contribution in [3.05, 3.63) is 24.3 Å². The normalized spacial score (nSPS) is 10.5. The summed E-state index contributed by atoms with van der Waals surface area (Å²) in [6.45, 7) is 4.11. The molecule has 1 rings (SSSR count). The molecular formula is C11H16N2O. The van der Waals surface area contributed by atoms with Crippen LogP contribution in [-0.2, 0) is 11.2 Å². The lowest BCUT2D eigenvalue weighted by Crippen LogP contribution is -2.04. The van der Waals surface area contributed by atoms with Crippen molar-refractivity contribution in [3.63, 3.8) is 0 Å². The highest BCUT2D eigenvalue weighted by Crippen LogP contribution is 2.05. The highest BCUT2D eigenvalue weighted by molar-refractivity contribution is 5.78. The molecule has 1 heterocycles. The molecule has 0 saturated carbocycles. The van der Waals surface area contributed by atoms with Crippen LogP contribution in [0.5, 0.6) is 0 Å². The first kappa shape index (κ1) is 10.8. The molecule has 1 aromatic heterocycles. The van der Waals surface area contributed by atoms with E-state index in [0.717, 1.165) is 5.69 Å². The molecule has 0 spiro atoms. The van der Waals surface area contributed by atoms with Crippen molar-refractivity contribution >= 4 is 5.78 Å². The van der Waals surface area contributed by atoms with Crippen molar-refractivity contribution in [1.29, 1.82) is 0 Å². The number of carbonyl (C=O) groups is 1. The molecule has 76 valence electrons. The number of carbonyl (C=O) groups excluding carboxylic acids is 1. The Labute approximate surface area is 84.6 Å². The van der Waals surface area contributed by atoms with Gasteiger partial charge < -0.3 is 0 Å². The van der Waals surface area contributed by atoms with Gasteiger partial charge in [0.25, 0.3) is 0 Å². The Balaban J connectivity index is 2.31. The average Bonchev–Trinajstić information content (AvgIpc) is 2.15. The zero-order valence-electron chi connectivity index (χ0n) is 8.73. The molecule has 1 aromatic rings. The first-order valence-electron chi connectivity index (χ1n) is 4.95. The molecule has 0 amide bonds. The van der Waals surface area contributed by atoms with E-state index in [9.17, 15) is 4.79 Å². The number of ketones is 1. The summed E-state index contributed by atoms with van der Waals surface area (Å²) in [5.41, 5.74) is 0.893. The zero-order chi connectivity index (χ0) is 10.4. The number of hydrogen-bond donors (Lipinski definition) is 0. The number of Topliss-reactive ketones (excluding diaryl/α,β-unsaturated/α-hetero) is 1. The van der Waals surface area contributed by atoms with E-state index in [1.165, 1.54) is 0 Å². The molecule has 0 fully saturated rings. The zero-order valence-corrected chi connectivity index (χ0v) is 8.73. The summed E-state index contributed by atoms with van der Waals surface area (Å²) in [5, 5.41) is 0. The fourth-order valence-electron chi connectivity index (χ4n) is 1.28. The van der Waals surface area contributed by atoms with Gasteiger partial charge in [-0.05, 0) is 12.3 Å². The monoisotopic (exact) mass is 192 g/mol. The van der Waals surface area contributed by atoms with Gasteiger partial charge in [0, 0.05) is 31.4 Å². The third-order valence-corrected chi connectivity index (χ3v) is 1.91. The lowest BCUT2D eigenvalue weighted by atomic mass is 10.0. The van der Waals surface area contributed by atoms with Gasteiger partial charge in [0.1, 0.15) is 5.78 Å². The summed E-state index contributed by atoms with van der Waals surface area (Å²) in [7, 11) is 0. The molecule has 0 unspecified atom stereocenters. The molecule has 0 bridgehead atoms. The number of nitrogens with zero attached hydrogens (tertiary/aromatic N) is 2. The third kappa shape index (κ3) is 4.12. The van der Waals surface area contributed by atoms with Gasteiger partial charge >= 0.3 is 0 Å². The van der Waals surface area contributed by atoms with Gasteiger partial charge in [0.05, 0.1) is 5.69 Å². The highest BCUT2D eigenvalue weighted by atomic mass is 16.1. The Morgan fingerprint density at radius 3 is 2.79 bits per heavy atom. The second kappa shape index (κ2) is 5.47. The predicted molar refractivity (Wildman–Crippen MR) is 54.8 cm³/mol. The summed E-state index contributed by atoms with van der Waals surface area (Å²) in [4.78, 5) is 19.4. The maximum Gasteiger partial charge on any atom is 0.133 e. The molecule has 0 aliphatic rings.